The van der Waals surface area contributed by atoms with Crippen LogP contribution in [0.2, 0.25) is 0 Å². The third-order valence-electron chi connectivity index (χ3n) is 4.71. The lowest BCUT2D eigenvalue weighted by atomic mass is 9.99. The second-order valence-corrected chi connectivity index (χ2v) is 6.38. The van der Waals surface area contributed by atoms with Crippen LogP contribution < -0.4 is 9.47 Å². The molecule has 0 radical (unpaired) electrons. The van der Waals surface area contributed by atoms with Gasteiger partial charge in [-0.2, -0.15) is 5.26 Å². The van der Waals surface area contributed by atoms with Crippen LogP contribution in [0.3, 0.4) is 0 Å². The number of benzene rings is 2. The number of hydrogen-bond donors (Lipinski definition) is 0. The van der Waals surface area contributed by atoms with Gasteiger partial charge in [-0.1, -0.05) is 42.5 Å². The normalized spacial score (nSPS) is 10.5. The first-order chi connectivity index (χ1) is 14.3. The fourth-order valence-electron chi connectivity index (χ4n) is 3.40. The summed E-state index contributed by atoms with van der Waals surface area (Å²) in [4.78, 5) is 8.83. The molecule has 0 unspecified atom stereocenters. The summed E-state index contributed by atoms with van der Waals surface area (Å²) in [6, 6.07) is 20.0. The molecule has 2 heterocycles. The van der Waals surface area contributed by atoms with Crippen LogP contribution in [-0.4, -0.2) is 23.7 Å². The Morgan fingerprint density at radius 3 is 2.48 bits per heavy atom. The number of fused-ring (bicyclic) bond motifs is 1. The van der Waals surface area contributed by atoms with E-state index in [1.165, 1.54) is 0 Å². The number of nitrogens with zero attached hydrogens (tertiary/aromatic N) is 3. The summed E-state index contributed by atoms with van der Waals surface area (Å²) in [5, 5.41) is 10.5. The van der Waals surface area contributed by atoms with Crippen molar-refractivity contribution >= 4 is 10.9 Å². The zero-order valence-corrected chi connectivity index (χ0v) is 16.2. The number of aromatic nitrogens is 2. The summed E-state index contributed by atoms with van der Waals surface area (Å²) in [6.07, 6.45) is 3.35. The standard InChI is InChI=1S/C24H19N3O2/c1-3-29-22-7-5-4-6-18(22)16-8-10-17(11-9-16)23-19(14-25)24(28-2)20-15-26-13-12-21(20)27-23/h4-13,15H,3H2,1-2H3. The van der Waals surface area contributed by atoms with Gasteiger partial charge < -0.3 is 9.47 Å². The topological polar surface area (TPSA) is 68.0 Å². The number of para-hydroxylation sites is 1. The second kappa shape index (κ2) is 7.99. The molecule has 5 heteroatoms. The highest BCUT2D eigenvalue weighted by atomic mass is 16.5. The van der Waals surface area contributed by atoms with Gasteiger partial charge >= 0.3 is 0 Å². The molecule has 0 amide bonds. The predicted octanol–water partition coefficient (Wildman–Crippen LogP) is 5.24. The Bertz CT molecular complexity index is 1210. The average Bonchev–Trinajstić information content (AvgIpc) is 2.78. The Balaban J connectivity index is 1.83. The van der Waals surface area contributed by atoms with Gasteiger partial charge in [0.05, 0.1) is 30.3 Å². The van der Waals surface area contributed by atoms with Crippen LogP contribution in [0.25, 0.3) is 33.3 Å². The molecule has 29 heavy (non-hydrogen) atoms. The number of ether oxygens (including phenoxy) is 2. The minimum Gasteiger partial charge on any atom is -0.495 e. The van der Waals surface area contributed by atoms with Gasteiger partial charge in [0.2, 0.25) is 0 Å². The maximum absolute atomic E-state index is 9.77. The van der Waals surface area contributed by atoms with Crippen molar-refractivity contribution in [3.8, 4) is 40.0 Å². The van der Waals surface area contributed by atoms with E-state index >= 15 is 0 Å². The van der Waals surface area contributed by atoms with E-state index in [0.29, 0.717) is 23.6 Å². The molecule has 0 aliphatic rings. The lowest BCUT2D eigenvalue weighted by Gasteiger charge is -2.13. The van der Waals surface area contributed by atoms with Gasteiger partial charge in [-0.15, -0.1) is 0 Å². The van der Waals surface area contributed by atoms with Gasteiger partial charge in [-0.3, -0.25) is 4.98 Å². The number of rotatable bonds is 5. The first-order valence-electron chi connectivity index (χ1n) is 9.31. The lowest BCUT2D eigenvalue weighted by Crippen LogP contribution is -1.98. The van der Waals surface area contributed by atoms with Crippen molar-refractivity contribution in [2.75, 3.05) is 13.7 Å². The molecule has 0 atom stereocenters. The summed E-state index contributed by atoms with van der Waals surface area (Å²) in [5.41, 5.74) is 4.63. The largest absolute Gasteiger partial charge is 0.495 e. The number of nitriles is 1. The van der Waals surface area contributed by atoms with Crippen LogP contribution in [0.1, 0.15) is 12.5 Å². The quantitative estimate of drug-likeness (QED) is 0.473. The van der Waals surface area contributed by atoms with Crippen molar-refractivity contribution in [3.05, 3.63) is 72.6 Å². The fourth-order valence-corrected chi connectivity index (χ4v) is 3.40. The molecule has 0 bridgehead atoms. The Morgan fingerprint density at radius 2 is 1.76 bits per heavy atom. The average molecular weight is 381 g/mol. The maximum atomic E-state index is 9.77. The molecule has 0 saturated carbocycles. The van der Waals surface area contributed by atoms with Crippen LogP contribution >= 0.6 is 0 Å². The molecule has 4 rings (SSSR count). The Labute approximate surface area is 169 Å². The first kappa shape index (κ1) is 18.5. The molecule has 2 aromatic carbocycles. The van der Waals surface area contributed by atoms with E-state index in [1.54, 1.807) is 19.5 Å². The molecular weight excluding hydrogens is 362 g/mol. The molecule has 142 valence electrons. The zero-order valence-electron chi connectivity index (χ0n) is 16.2. The molecular formula is C24H19N3O2. The van der Waals surface area contributed by atoms with Gasteiger partial charge in [0, 0.05) is 23.5 Å². The first-order valence-corrected chi connectivity index (χ1v) is 9.31. The highest BCUT2D eigenvalue weighted by Gasteiger charge is 2.17. The molecule has 2 aromatic heterocycles. The molecule has 0 saturated heterocycles. The smallest absolute Gasteiger partial charge is 0.149 e. The van der Waals surface area contributed by atoms with Crippen LogP contribution in [0.4, 0.5) is 0 Å². The maximum Gasteiger partial charge on any atom is 0.149 e. The molecule has 0 spiro atoms. The van der Waals surface area contributed by atoms with E-state index in [-0.39, 0.29) is 0 Å². The molecule has 4 aromatic rings. The van der Waals surface area contributed by atoms with E-state index in [1.807, 2.05) is 61.5 Å². The summed E-state index contributed by atoms with van der Waals surface area (Å²) >= 11 is 0. The zero-order chi connectivity index (χ0) is 20.2. The van der Waals surface area contributed by atoms with Crippen molar-refractivity contribution in [1.29, 1.82) is 5.26 Å². The monoisotopic (exact) mass is 381 g/mol. The van der Waals surface area contributed by atoms with E-state index < -0.39 is 0 Å². The van der Waals surface area contributed by atoms with Crippen LogP contribution in [0, 0.1) is 11.3 Å². The number of methoxy groups -OCH3 is 1. The van der Waals surface area contributed by atoms with E-state index in [4.69, 9.17) is 14.5 Å². The van der Waals surface area contributed by atoms with Gasteiger partial charge in [0.25, 0.3) is 0 Å². The van der Waals surface area contributed by atoms with E-state index in [9.17, 15) is 5.26 Å². The van der Waals surface area contributed by atoms with E-state index in [2.05, 4.69) is 11.1 Å². The summed E-state index contributed by atoms with van der Waals surface area (Å²) in [6.45, 7) is 2.58. The van der Waals surface area contributed by atoms with Gasteiger partial charge in [-0.25, -0.2) is 4.98 Å². The van der Waals surface area contributed by atoms with E-state index in [0.717, 1.165) is 33.3 Å². The van der Waals surface area contributed by atoms with Gasteiger partial charge in [-0.05, 0) is 24.6 Å². The lowest BCUT2D eigenvalue weighted by molar-refractivity contribution is 0.341. The molecule has 0 N–H and O–H groups in total. The van der Waals surface area contributed by atoms with Crippen molar-refractivity contribution in [2.45, 2.75) is 6.92 Å². The third kappa shape index (κ3) is 3.37. The Kier molecular flexibility index (Phi) is 5.08. The summed E-state index contributed by atoms with van der Waals surface area (Å²) < 4.78 is 11.3. The van der Waals surface area contributed by atoms with Crippen molar-refractivity contribution in [2.24, 2.45) is 0 Å². The molecule has 0 aliphatic heterocycles. The summed E-state index contributed by atoms with van der Waals surface area (Å²) in [7, 11) is 1.56. The Hall–Kier alpha value is -3.91. The number of hydrogen-bond acceptors (Lipinski definition) is 5. The molecule has 0 fully saturated rings. The minimum absolute atomic E-state index is 0.399. The second-order valence-electron chi connectivity index (χ2n) is 6.38. The molecule has 0 aliphatic carbocycles. The highest BCUT2D eigenvalue weighted by Crippen LogP contribution is 2.36. The number of pyridine rings is 2. The third-order valence-corrected chi connectivity index (χ3v) is 4.71. The SMILES string of the molecule is CCOc1ccccc1-c1ccc(-c2nc3ccncc3c(OC)c2C#N)cc1. The van der Waals surface area contributed by atoms with Crippen molar-refractivity contribution in [1.82, 2.24) is 9.97 Å². The van der Waals surface area contributed by atoms with Crippen LogP contribution in [-0.2, 0) is 0 Å². The fraction of sp³-hybridized carbons (Fsp3) is 0.125. The highest BCUT2D eigenvalue weighted by molar-refractivity contribution is 5.91. The minimum atomic E-state index is 0.399. The Morgan fingerprint density at radius 1 is 1.00 bits per heavy atom. The van der Waals surface area contributed by atoms with Crippen LogP contribution in [0.15, 0.2) is 67.0 Å². The molecule has 5 nitrogen and oxygen atoms in total. The van der Waals surface area contributed by atoms with Crippen molar-refractivity contribution < 1.29 is 9.47 Å². The van der Waals surface area contributed by atoms with Gasteiger partial charge in [0.15, 0.2) is 0 Å². The summed E-state index contributed by atoms with van der Waals surface area (Å²) in [5.74, 6) is 1.34. The van der Waals surface area contributed by atoms with Crippen LogP contribution in [0.5, 0.6) is 11.5 Å². The van der Waals surface area contributed by atoms with Crippen molar-refractivity contribution in [3.63, 3.8) is 0 Å². The van der Waals surface area contributed by atoms with Gasteiger partial charge in [0.1, 0.15) is 23.1 Å². The predicted molar refractivity (Wildman–Crippen MR) is 113 cm³/mol.